The zero-order valence-corrected chi connectivity index (χ0v) is 11.4. The highest BCUT2D eigenvalue weighted by Gasteiger charge is 2.04. The first-order valence-electron chi connectivity index (χ1n) is 5.07. The summed E-state index contributed by atoms with van der Waals surface area (Å²) in [6.45, 7) is 0. The maximum absolute atomic E-state index is 5.83. The predicted molar refractivity (Wildman–Crippen MR) is 77.9 cm³/mol. The van der Waals surface area contributed by atoms with Gasteiger partial charge in [0.2, 0.25) is 0 Å². The maximum Gasteiger partial charge on any atom is 0.184 e. The lowest BCUT2D eigenvalue weighted by atomic mass is 10.1. The third-order valence-electron chi connectivity index (χ3n) is 2.03. The molecule has 0 unspecified atom stereocenters. The second kappa shape index (κ2) is 7.48. The highest BCUT2D eigenvalue weighted by molar-refractivity contribution is 7.80. The monoisotopic (exact) mass is 289 g/mol. The molecule has 0 saturated carbocycles. The van der Waals surface area contributed by atoms with E-state index in [0.717, 1.165) is 24.1 Å². The van der Waals surface area contributed by atoms with Crippen LogP contribution < -0.4 is 11.2 Å². The minimum atomic E-state index is 0.141. The van der Waals surface area contributed by atoms with Crippen LogP contribution >= 0.6 is 35.4 Å². The van der Waals surface area contributed by atoms with E-state index in [9.17, 15) is 0 Å². The predicted octanol–water partition coefficient (Wildman–Crippen LogP) is 2.90. The number of benzene rings is 1. The Labute approximate surface area is 116 Å². The Balaban J connectivity index is 2.84. The van der Waals surface area contributed by atoms with Crippen molar-refractivity contribution in [3.8, 4) is 0 Å². The highest BCUT2D eigenvalue weighted by atomic mass is 35.5. The van der Waals surface area contributed by atoms with E-state index < -0.39 is 0 Å². The number of hydrazone groups is 1. The summed E-state index contributed by atoms with van der Waals surface area (Å²) < 4.78 is 0. The summed E-state index contributed by atoms with van der Waals surface area (Å²) in [5.74, 6) is 0.583. The fourth-order valence-corrected chi connectivity index (χ4v) is 1.57. The number of nitrogens with two attached hydrogens (primary N) is 1. The van der Waals surface area contributed by atoms with Crippen LogP contribution in [0.4, 0.5) is 0 Å². The van der Waals surface area contributed by atoms with Gasteiger partial charge in [-0.1, -0.05) is 23.7 Å². The molecule has 0 atom stereocenters. The quantitative estimate of drug-likeness (QED) is 0.379. The van der Waals surface area contributed by atoms with Crippen LogP contribution in [0.15, 0.2) is 29.4 Å². The lowest BCUT2D eigenvalue weighted by molar-refractivity contribution is 0.956. The zero-order chi connectivity index (χ0) is 12.7. The average molecular weight is 290 g/mol. The van der Waals surface area contributed by atoms with Gasteiger partial charge in [0.1, 0.15) is 0 Å². The molecule has 92 valence electrons. The van der Waals surface area contributed by atoms with Crippen molar-refractivity contribution in [2.24, 2.45) is 10.8 Å². The molecule has 0 aliphatic heterocycles. The molecule has 0 amide bonds. The van der Waals surface area contributed by atoms with Gasteiger partial charge in [-0.2, -0.15) is 5.10 Å². The van der Waals surface area contributed by atoms with Gasteiger partial charge in [-0.25, -0.2) is 0 Å². The van der Waals surface area contributed by atoms with Crippen molar-refractivity contribution in [2.75, 3.05) is 5.88 Å². The van der Waals surface area contributed by atoms with Gasteiger partial charge in [-0.15, -0.1) is 11.6 Å². The standard InChI is InChI=1S/C11H13Cl2N3S/c12-7-1-2-10(15-16-11(14)17)8-3-5-9(13)6-4-8/h3-6H,1-2,7H2,(H3,14,16,17)/b15-10+. The van der Waals surface area contributed by atoms with Crippen molar-refractivity contribution < 1.29 is 0 Å². The van der Waals surface area contributed by atoms with Crippen molar-refractivity contribution in [1.82, 2.24) is 5.43 Å². The van der Waals surface area contributed by atoms with Gasteiger partial charge in [0, 0.05) is 10.9 Å². The summed E-state index contributed by atoms with van der Waals surface area (Å²) in [5, 5.41) is 4.99. The summed E-state index contributed by atoms with van der Waals surface area (Å²) in [5.41, 5.74) is 9.76. The van der Waals surface area contributed by atoms with Gasteiger partial charge >= 0.3 is 0 Å². The number of alkyl halides is 1. The second-order valence-corrected chi connectivity index (χ2v) is 4.59. The highest BCUT2D eigenvalue weighted by Crippen LogP contribution is 2.12. The Morgan fingerprint density at radius 3 is 2.53 bits per heavy atom. The van der Waals surface area contributed by atoms with E-state index in [4.69, 9.17) is 41.2 Å². The van der Waals surface area contributed by atoms with Crippen LogP contribution in [-0.4, -0.2) is 16.7 Å². The van der Waals surface area contributed by atoms with Gasteiger partial charge in [-0.05, 0) is 42.8 Å². The molecule has 1 aromatic carbocycles. The number of rotatable bonds is 5. The minimum absolute atomic E-state index is 0.141. The summed E-state index contributed by atoms with van der Waals surface area (Å²) in [6, 6.07) is 7.43. The van der Waals surface area contributed by atoms with Crippen LogP contribution in [-0.2, 0) is 0 Å². The molecule has 17 heavy (non-hydrogen) atoms. The molecule has 1 rings (SSSR count). The molecule has 3 nitrogen and oxygen atoms in total. The van der Waals surface area contributed by atoms with Crippen LogP contribution in [0.2, 0.25) is 5.02 Å². The molecule has 0 heterocycles. The fraction of sp³-hybridized carbons (Fsp3) is 0.273. The lowest BCUT2D eigenvalue weighted by Crippen LogP contribution is -2.25. The van der Waals surface area contributed by atoms with Crippen LogP contribution in [0.3, 0.4) is 0 Å². The normalized spacial score (nSPS) is 11.3. The Morgan fingerprint density at radius 1 is 1.35 bits per heavy atom. The molecule has 0 aliphatic rings. The second-order valence-electron chi connectivity index (χ2n) is 3.33. The first-order chi connectivity index (χ1) is 8.13. The Bertz CT molecular complexity index is 404. The lowest BCUT2D eigenvalue weighted by Gasteiger charge is -2.06. The van der Waals surface area contributed by atoms with Gasteiger partial charge in [0.05, 0.1) is 5.71 Å². The van der Waals surface area contributed by atoms with Crippen LogP contribution in [0, 0.1) is 0 Å². The molecule has 0 aliphatic carbocycles. The smallest absolute Gasteiger partial charge is 0.184 e. The number of hydrogen-bond acceptors (Lipinski definition) is 2. The molecule has 0 radical (unpaired) electrons. The maximum atomic E-state index is 5.83. The van der Waals surface area contributed by atoms with E-state index in [2.05, 4.69) is 10.5 Å². The van der Waals surface area contributed by atoms with Gasteiger partial charge in [0.15, 0.2) is 5.11 Å². The Hall–Kier alpha value is -0.840. The topological polar surface area (TPSA) is 50.4 Å². The summed E-state index contributed by atoms with van der Waals surface area (Å²) in [7, 11) is 0. The van der Waals surface area contributed by atoms with Crippen molar-refractivity contribution in [3.05, 3.63) is 34.9 Å². The van der Waals surface area contributed by atoms with Gasteiger partial charge in [0.25, 0.3) is 0 Å². The van der Waals surface area contributed by atoms with Crippen molar-refractivity contribution in [3.63, 3.8) is 0 Å². The molecular weight excluding hydrogens is 277 g/mol. The number of nitrogens with zero attached hydrogens (tertiary/aromatic N) is 1. The van der Waals surface area contributed by atoms with E-state index in [0.29, 0.717) is 10.9 Å². The third-order valence-corrected chi connectivity index (χ3v) is 2.64. The Kier molecular flexibility index (Phi) is 6.26. The molecule has 6 heteroatoms. The fourth-order valence-electron chi connectivity index (χ4n) is 1.26. The van der Waals surface area contributed by atoms with Crippen molar-refractivity contribution >= 4 is 46.2 Å². The van der Waals surface area contributed by atoms with E-state index in [-0.39, 0.29) is 5.11 Å². The van der Waals surface area contributed by atoms with Gasteiger partial charge < -0.3 is 5.73 Å². The molecule has 1 aromatic rings. The summed E-state index contributed by atoms with van der Waals surface area (Å²) >= 11 is 16.2. The van der Waals surface area contributed by atoms with Crippen molar-refractivity contribution in [1.29, 1.82) is 0 Å². The largest absolute Gasteiger partial charge is 0.375 e. The van der Waals surface area contributed by atoms with E-state index in [1.807, 2.05) is 24.3 Å². The number of halogens is 2. The van der Waals surface area contributed by atoms with E-state index in [1.54, 1.807) is 0 Å². The summed E-state index contributed by atoms with van der Waals surface area (Å²) in [4.78, 5) is 0. The van der Waals surface area contributed by atoms with E-state index in [1.165, 1.54) is 0 Å². The first kappa shape index (κ1) is 14.2. The summed E-state index contributed by atoms with van der Waals surface area (Å²) in [6.07, 6.45) is 1.59. The average Bonchev–Trinajstić information content (AvgIpc) is 2.30. The van der Waals surface area contributed by atoms with E-state index >= 15 is 0 Å². The first-order valence-corrected chi connectivity index (χ1v) is 6.39. The minimum Gasteiger partial charge on any atom is -0.375 e. The number of nitrogens with one attached hydrogen (secondary N) is 1. The molecular formula is C11H13Cl2N3S. The zero-order valence-electron chi connectivity index (χ0n) is 9.12. The molecule has 0 aromatic heterocycles. The third kappa shape index (κ3) is 5.35. The molecule has 0 bridgehead atoms. The Morgan fingerprint density at radius 2 is 2.00 bits per heavy atom. The molecule has 0 spiro atoms. The van der Waals surface area contributed by atoms with Gasteiger partial charge in [-0.3, -0.25) is 5.43 Å². The number of thiocarbonyl (C=S) groups is 1. The van der Waals surface area contributed by atoms with Crippen LogP contribution in [0.5, 0.6) is 0 Å². The number of hydrogen-bond donors (Lipinski definition) is 2. The molecule has 0 fully saturated rings. The van der Waals surface area contributed by atoms with Crippen molar-refractivity contribution in [2.45, 2.75) is 12.8 Å². The molecule has 0 saturated heterocycles. The van der Waals surface area contributed by atoms with Crippen LogP contribution in [0.1, 0.15) is 18.4 Å². The SMILES string of the molecule is NC(=S)N/N=C(\CCCCl)c1ccc(Cl)cc1. The molecule has 3 N–H and O–H groups in total. The van der Waals surface area contributed by atoms with Crippen LogP contribution in [0.25, 0.3) is 0 Å².